The lowest BCUT2D eigenvalue weighted by atomic mass is 10.2. The highest BCUT2D eigenvalue weighted by molar-refractivity contribution is 7.92. The van der Waals surface area contributed by atoms with Gasteiger partial charge in [0.2, 0.25) is 0 Å². The van der Waals surface area contributed by atoms with Gasteiger partial charge >= 0.3 is 0 Å². The molecule has 0 saturated carbocycles. The van der Waals surface area contributed by atoms with E-state index in [0.29, 0.717) is 22.8 Å². The van der Waals surface area contributed by atoms with Crippen LogP contribution in [-0.4, -0.2) is 40.1 Å². The second-order valence-corrected chi connectivity index (χ2v) is 8.33. The fourth-order valence-electron chi connectivity index (χ4n) is 3.23. The zero-order valence-corrected chi connectivity index (χ0v) is 17.2. The van der Waals surface area contributed by atoms with Crippen molar-refractivity contribution >= 4 is 26.6 Å². The van der Waals surface area contributed by atoms with Crippen LogP contribution < -0.4 is 9.46 Å². The highest BCUT2D eigenvalue weighted by Crippen LogP contribution is 2.34. The van der Waals surface area contributed by atoms with Gasteiger partial charge in [-0.05, 0) is 44.2 Å². The Morgan fingerprint density at radius 1 is 1.10 bits per heavy atom. The molecule has 0 bridgehead atoms. The summed E-state index contributed by atoms with van der Waals surface area (Å²) in [5, 5.41) is 9.35. The number of nitrogens with one attached hydrogen (secondary N) is 1. The first-order valence-electron chi connectivity index (χ1n) is 8.81. The molecule has 0 aliphatic rings. The van der Waals surface area contributed by atoms with E-state index in [1.165, 1.54) is 19.4 Å². The first-order chi connectivity index (χ1) is 13.8. The van der Waals surface area contributed by atoms with Gasteiger partial charge in [0.25, 0.3) is 10.0 Å². The number of ether oxygens (including phenoxy) is 1. The minimum Gasteiger partial charge on any atom is -0.494 e. The molecule has 0 aliphatic carbocycles. The zero-order chi connectivity index (χ0) is 20.8. The summed E-state index contributed by atoms with van der Waals surface area (Å²) >= 11 is 0. The third kappa shape index (κ3) is 3.31. The first-order valence-corrected chi connectivity index (χ1v) is 10.3. The van der Waals surface area contributed by atoms with Crippen molar-refractivity contribution in [2.45, 2.75) is 18.7 Å². The summed E-state index contributed by atoms with van der Waals surface area (Å²) in [7, 11) is -0.673. The SMILES string of the molecule is COc1ccc2cnn(C)c2c1NS(=O)(=O)c1ccc(-n2nc(C)cc2C)nc1. The van der Waals surface area contributed by atoms with E-state index in [2.05, 4.69) is 19.9 Å². The fourth-order valence-corrected chi connectivity index (χ4v) is 4.25. The molecular formula is C19H20N6O3S. The highest BCUT2D eigenvalue weighted by Gasteiger charge is 2.21. The number of hydrogen-bond donors (Lipinski definition) is 1. The minimum absolute atomic E-state index is 0.0315. The molecule has 0 unspecified atom stereocenters. The fraction of sp³-hybridized carbons (Fsp3) is 0.211. The Kier molecular flexibility index (Phi) is 4.50. The van der Waals surface area contributed by atoms with Gasteiger partial charge in [0, 0.05) is 24.3 Å². The van der Waals surface area contributed by atoms with Gasteiger partial charge in [0.05, 0.1) is 24.5 Å². The average Bonchev–Trinajstić information content (AvgIpc) is 3.23. The third-order valence-corrected chi connectivity index (χ3v) is 5.91. The molecule has 0 radical (unpaired) electrons. The molecule has 0 atom stereocenters. The van der Waals surface area contributed by atoms with Crippen LogP contribution in [0.1, 0.15) is 11.4 Å². The third-order valence-electron chi connectivity index (χ3n) is 4.58. The van der Waals surface area contributed by atoms with E-state index in [0.717, 1.165) is 16.8 Å². The minimum atomic E-state index is -3.90. The summed E-state index contributed by atoms with van der Waals surface area (Å²) in [6.45, 7) is 3.80. The molecule has 4 rings (SSSR count). The maximum atomic E-state index is 13.0. The van der Waals surface area contributed by atoms with Crippen LogP contribution in [0.3, 0.4) is 0 Å². The summed E-state index contributed by atoms with van der Waals surface area (Å²) in [5.74, 6) is 0.942. The number of pyridine rings is 1. The summed E-state index contributed by atoms with van der Waals surface area (Å²) < 4.78 is 37.3. The Hall–Kier alpha value is -3.40. The van der Waals surface area contributed by atoms with Crippen molar-refractivity contribution < 1.29 is 13.2 Å². The van der Waals surface area contributed by atoms with Gasteiger partial charge in [0.1, 0.15) is 16.3 Å². The Labute approximate surface area is 168 Å². The van der Waals surface area contributed by atoms with E-state index in [1.54, 1.807) is 34.7 Å². The molecule has 9 nitrogen and oxygen atoms in total. The lowest BCUT2D eigenvalue weighted by Crippen LogP contribution is -2.15. The Bertz CT molecular complexity index is 1310. The molecule has 0 saturated heterocycles. The number of fused-ring (bicyclic) bond motifs is 1. The second-order valence-electron chi connectivity index (χ2n) is 6.65. The van der Waals surface area contributed by atoms with Crippen molar-refractivity contribution in [3.05, 3.63) is 54.1 Å². The highest BCUT2D eigenvalue weighted by atomic mass is 32.2. The van der Waals surface area contributed by atoms with Crippen LogP contribution in [0.4, 0.5) is 5.69 Å². The summed E-state index contributed by atoms with van der Waals surface area (Å²) in [6, 6.07) is 8.57. The summed E-state index contributed by atoms with van der Waals surface area (Å²) in [5.41, 5.74) is 2.73. The van der Waals surface area contributed by atoms with Crippen molar-refractivity contribution in [3.63, 3.8) is 0 Å². The molecule has 3 heterocycles. The number of methoxy groups -OCH3 is 1. The number of sulfonamides is 1. The topological polar surface area (TPSA) is 104 Å². The number of nitrogens with zero attached hydrogens (tertiary/aromatic N) is 5. The van der Waals surface area contributed by atoms with Gasteiger partial charge in [0.15, 0.2) is 5.82 Å². The van der Waals surface area contributed by atoms with Crippen LogP contribution in [0.25, 0.3) is 16.7 Å². The average molecular weight is 412 g/mol. The lowest BCUT2D eigenvalue weighted by molar-refractivity contribution is 0.417. The van der Waals surface area contributed by atoms with E-state index in [9.17, 15) is 8.42 Å². The molecule has 1 N–H and O–H groups in total. The van der Waals surface area contributed by atoms with Crippen LogP contribution in [0.15, 0.2) is 47.6 Å². The number of benzene rings is 1. The number of aromatic nitrogens is 5. The monoisotopic (exact) mass is 412 g/mol. The molecular weight excluding hydrogens is 392 g/mol. The Balaban J connectivity index is 1.72. The molecule has 29 heavy (non-hydrogen) atoms. The van der Waals surface area contributed by atoms with Crippen LogP contribution in [0.2, 0.25) is 0 Å². The van der Waals surface area contributed by atoms with E-state index >= 15 is 0 Å². The van der Waals surface area contributed by atoms with Crippen LogP contribution in [0, 0.1) is 13.8 Å². The van der Waals surface area contributed by atoms with Crippen molar-refractivity contribution in [3.8, 4) is 11.6 Å². The number of aryl methyl sites for hydroxylation is 3. The zero-order valence-electron chi connectivity index (χ0n) is 16.4. The molecule has 0 spiro atoms. The second kappa shape index (κ2) is 6.89. The first kappa shape index (κ1) is 18.9. The molecule has 10 heteroatoms. The largest absolute Gasteiger partial charge is 0.494 e. The molecule has 0 aliphatic heterocycles. The van der Waals surface area contributed by atoms with E-state index < -0.39 is 10.0 Å². The van der Waals surface area contributed by atoms with E-state index in [1.807, 2.05) is 26.0 Å². The lowest BCUT2D eigenvalue weighted by Gasteiger charge is -2.14. The number of anilines is 1. The van der Waals surface area contributed by atoms with E-state index in [-0.39, 0.29) is 4.90 Å². The van der Waals surface area contributed by atoms with Gasteiger partial charge in [-0.3, -0.25) is 9.40 Å². The predicted molar refractivity (Wildman–Crippen MR) is 109 cm³/mol. The maximum Gasteiger partial charge on any atom is 0.263 e. The maximum absolute atomic E-state index is 13.0. The molecule has 4 aromatic rings. The predicted octanol–water partition coefficient (Wildman–Crippen LogP) is 2.58. The van der Waals surface area contributed by atoms with Gasteiger partial charge < -0.3 is 4.74 Å². The smallest absolute Gasteiger partial charge is 0.263 e. The molecule has 150 valence electrons. The number of hydrogen-bond acceptors (Lipinski definition) is 6. The van der Waals surface area contributed by atoms with Crippen molar-refractivity contribution in [2.75, 3.05) is 11.8 Å². The van der Waals surface area contributed by atoms with Crippen LogP contribution in [0.5, 0.6) is 5.75 Å². The van der Waals surface area contributed by atoms with Gasteiger partial charge in [-0.15, -0.1) is 0 Å². The van der Waals surface area contributed by atoms with Gasteiger partial charge in [-0.2, -0.15) is 10.2 Å². The quantitative estimate of drug-likeness (QED) is 0.540. The standard InChI is InChI=1S/C19H20N6O3S/c1-12-9-13(2)25(22-12)17-8-6-15(11-20-17)29(26,27)23-18-16(28-4)7-5-14-10-21-24(3)19(14)18/h5-11,23H,1-4H3. The summed E-state index contributed by atoms with van der Waals surface area (Å²) in [4.78, 5) is 4.31. The van der Waals surface area contributed by atoms with Crippen molar-refractivity contribution in [1.82, 2.24) is 24.5 Å². The van der Waals surface area contributed by atoms with Gasteiger partial charge in [-0.1, -0.05) is 0 Å². The van der Waals surface area contributed by atoms with E-state index in [4.69, 9.17) is 4.74 Å². The van der Waals surface area contributed by atoms with Crippen LogP contribution in [-0.2, 0) is 17.1 Å². The Morgan fingerprint density at radius 3 is 2.52 bits per heavy atom. The molecule has 0 fully saturated rings. The van der Waals surface area contributed by atoms with Crippen LogP contribution >= 0.6 is 0 Å². The molecule has 1 aromatic carbocycles. The van der Waals surface area contributed by atoms with Crippen molar-refractivity contribution in [1.29, 1.82) is 0 Å². The normalized spacial score (nSPS) is 11.7. The van der Waals surface area contributed by atoms with Crippen molar-refractivity contribution in [2.24, 2.45) is 7.05 Å². The van der Waals surface area contributed by atoms with Gasteiger partial charge in [-0.25, -0.2) is 18.1 Å². The molecule has 3 aromatic heterocycles. The summed E-state index contributed by atoms with van der Waals surface area (Å²) in [6.07, 6.45) is 2.97. The number of rotatable bonds is 5. The molecule has 0 amide bonds. The Morgan fingerprint density at radius 2 is 1.90 bits per heavy atom.